The van der Waals surface area contributed by atoms with Gasteiger partial charge in [0.25, 0.3) is 0 Å². The molecule has 8 nitrogen and oxygen atoms in total. The number of fused-ring (bicyclic) bond motifs is 1. The van der Waals surface area contributed by atoms with Crippen molar-refractivity contribution in [3.8, 4) is 5.75 Å². The summed E-state index contributed by atoms with van der Waals surface area (Å²) in [5.41, 5.74) is 6.40. The number of rotatable bonds is 5. The molecule has 3 aromatic carbocycles. The van der Waals surface area contributed by atoms with E-state index in [1.165, 1.54) is 4.31 Å². The van der Waals surface area contributed by atoms with Gasteiger partial charge in [-0.05, 0) is 54.2 Å². The van der Waals surface area contributed by atoms with Crippen molar-refractivity contribution in [3.05, 3.63) is 90.0 Å². The number of morpholine rings is 1. The van der Waals surface area contributed by atoms with Gasteiger partial charge in [-0.2, -0.15) is 9.41 Å². The van der Waals surface area contributed by atoms with Gasteiger partial charge in [-0.3, -0.25) is 5.43 Å². The second-order valence-corrected chi connectivity index (χ2v) is 10.7. The minimum absolute atomic E-state index is 0.149. The zero-order valence-corrected chi connectivity index (χ0v) is 21.1. The molecule has 1 unspecified atom stereocenters. The van der Waals surface area contributed by atoms with Crippen LogP contribution in [0.2, 0.25) is 0 Å². The van der Waals surface area contributed by atoms with Crippen molar-refractivity contribution in [2.24, 2.45) is 5.10 Å². The number of hydrogen-bond acceptors (Lipinski definition) is 6. The monoisotopic (exact) mass is 522 g/mol. The van der Waals surface area contributed by atoms with E-state index in [1.54, 1.807) is 24.3 Å². The summed E-state index contributed by atoms with van der Waals surface area (Å²) < 4.78 is 38.5. The van der Waals surface area contributed by atoms with Gasteiger partial charge in [0.05, 0.1) is 23.8 Å². The summed E-state index contributed by atoms with van der Waals surface area (Å²) in [6, 6.07) is 24.3. The lowest BCUT2D eigenvalue weighted by molar-refractivity contribution is 0.0730. The number of nitrogens with zero attached hydrogens (tertiary/aromatic N) is 2. The maximum Gasteiger partial charge on any atom is 0.243 e. The molecule has 1 fully saturated rings. The van der Waals surface area contributed by atoms with Crippen molar-refractivity contribution in [2.75, 3.05) is 31.6 Å². The van der Waals surface area contributed by atoms with E-state index in [0.29, 0.717) is 43.5 Å². The van der Waals surface area contributed by atoms with Crippen LogP contribution in [0.15, 0.2) is 88.9 Å². The smallest absolute Gasteiger partial charge is 0.243 e. The van der Waals surface area contributed by atoms with E-state index < -0.39 is 10.0 Å². The molecule has 5 rings (SSSR count). The molecule has 2 N–H and O–H groups in total. The van der Waals surface area contributed by atoms with E-state index in [9.17, 15) is 8.42 Å². The lowest BCUT2D eigenvalue weighted by atomic mass is 9.96. The van der Waals surface area contributed by atoms with E-state index in [2.05, 4.69) is 15.8 Å². The highest BCUT2D eigenvalue weighted by Gasteiger charge is 2.27. The SMILES string of the molecule is O=S(=O)(c1ccc(NC(=S)NN=C2CC(c3ccccc3)Oc3ccccc32)cc1)N1CCOCC1. The fourth-order valence-corrected chi connectivity index (χ4v) is 5.74. The van der Waals surface area contributed by atoms with Crippen molar-refractivity contribution in [2.45, 2.75) is 17.4 Å². The second-order valence-electron chi connectivity index (χ2n) is 8.38. The highest BCUT2D eigenvalue weighted by Crippen LogP contribution is 2.35. The van der Waals surface area contributed by atoms with Gasteiger partial charge in [0.2, 0.25) is 10.0 Å². The van der Waals surface area contributed by atoms with E-state index >= 15 is 0 Å². The zero-order chi connectivity index (χ0) is 25.0. The van der Waals surface area contributed by atoms with Crippen LogP contribution in [0.3, 0.4) is 0 Å². The fraction of sp³-hybridized carbons (Fsp3) is 0.231. The lowest BCUT2D eigenvalue weighted by Crippen LogP contribution is -2.40. The first-order chi connectivity index (χ1) is 17.5. The Morgan fingerprint density at radius 3 is 2.39 bits per heavy atom. The molecule has 1 saturated heterocycles. The number of anilines is 1. The molecule has 186 valence electrons. The number of hydrogen-bond donors (Lipinski definition) is 2. The molecule has 0 amide bonds. The van der Waals surface area contributed by atoms with E-state index in [1.807, 2.05) is 54.6 Å². The number of sulfonamides is 1. The molecule has 2 heterocycles. The molecule has 0 aromatic heterocycles. The number of thiocarbonyl (C=S) groups is 1. The third-order valence-corrected chi connectivity index (χ3v) is 8.14. The molecule has 2 aliphatic rings. The van der Waals surface area contributed by atoms with Crippen molar-refractivity contribution >= 4 is 38.8 Å². The summed E-state index contributed by atoms with van der Waals surface area (Å²) in [6.45, 7) is 1.53. The molecule has 0 radical (unpaired) electrons. The third-order valence-electron chi connectivity index (χ3n) is 6.03. The fourth-order valence-electron chi connectivity index (χ4n) is 4.17. The van der Waals surface area contributed by atoms with Crippen LogP contribution in [0, 0.1) is 0 Å². The maximum absolute atomic E-state index is 12.8. The Morgan fingerprint density at radius 1 is 0.944 bits per heavy atom. The number of benzene rings is 3. The summed E-state index contributed by atoms with van der Waals surface area (Å²) in [6.07, 6.45) is 0.439. The maximum atomic E-state index is 12.8. The summed E-state index contributed by atoms with van der Waals surface area (Å²) >= 11 is 5.43. The van der Waals surface area contributed by atoms with Crippen LogP contribution in [-0.4, -0.2) is 49.9 Å². The molecule has 36 heavy (non-hydrogen) atoms. The molecule has 0 saturated carbocycles. The lowest BCUT2D eigenvalue weighted by Gasteiger charge is -2.27. The summed E-state index contributed by atoms with van der Waals surface area (Å²) in [5.74, 6) is 0.772. The van der Waals surface area contributed by atoms with E-state index in [0.717, 1.165) is 22.6 Å². The normalized spacial score (nSPS) is 19.2. The molecule has 3 aromatic rings. The number of para-hydroxylation sites is 1. The van der Waals surface area contributed by atoms with Crippen LogP contribution in [0.4, 0.5) is 5.69 Å². The first kappa shape index (κ1) is 24.4. The topological polar surface area (TPSA) is 92.3 Å². The number of nitrogens with one attached hydrogen (secondary N) is 2. The first-order valence-electron chi connectivity index (χ1n) is 11.6. The van der Waals surface area contributed by atoms with Gasteiger partial charge in [-0.25, -0.2) is 8.42 Å². The first-order valence-corrected chi connectivity index (χ1v) is 13.5. The molecule has 0 bridgehead atoms. The summed E-state index contributed by atoms with van der Waals surface area (Å²) in [7, 11) is -3.55. The van der Waals surface area contributed by atoms with E-state index in [-0.39, 0.29) is 11.0 Å². The van der Waals surface area contributed by atoms with Crippen LogP contribution in [0.5, 0.6) is 5.75 Å². The quantitative estimate of drug-likeness (QED) is 0.388. The number of ether oxygens (including phenoxy) is 2. The minimum Gasteiger partial charge on any atom is -0.485 e. The summed E-state index contributed by atoms with van der Waals surface area (Å²) in [5, 5.41) is 7.94. The Bertz CT molecular complexity index is 1360. The van der Waals surface area contributed by atoms with Crippen LogP contribution >= 0.6 is 12.2 Å². The summed E-state index contributed by atoms with van der Waals surface area (Å²) in [4.78, 5) is 0.236. The molecular formula is C26H26N4O4S2. The zero-order valence-electron chi connectivity index (χ0n) is 19.5. The Balaban J connectivity index is 1.26. The van der Waals surface area contributed by atoms with Crippen molar-refractivity contribution in [1.82, 2.24) is 9.73 Å². The highest BCUT2D eigenvalue weighted by atomic mass is 32.2. The number of hydrazone groups is 1. The van der Waals surface area contributed by atoms with Gasteiger partial charge < -0.3 is 14.8 Å². The predicted molar refractivity (Wildman–Crippen MR) is 143 cm³/mol. The Kier molecular flexibility index (Phi) is 7.28. The van der Waals surface area contributed by atoms with E-state index in [4.69, 9.17) is 21.7 Å². The minimum atomic E-state index is -3.55. The van der Waals surface area contributed by atoms with Gasteiger partial charge in [-0.15, -0.1) is 0 Å². The molecule has 1 atom stereocenters. The highest BCUT2D eigenvalue weighted by molar-refractivity contribution is 7.89. The largest absolute Gasteiger partial charge is 0.485 e. The molecule has 2 aliphatic heterocycles. The third kappa shape index (κ3) is 5.41. The van der Waals surface area contributed by atoms with Gasteiger partial charge in [0, 0.05) is 30.8 Å². The second kappa shape index (κ2) is 10.8. The van der Waals surface area contributed by atoms with Gasteiger partial charge >= 0.3 is 0 Å². The van der Waals surface area contributed by atoms with Gasteiger partial charge in [0.1, 0.15) is 11.9 Å². The molecule has 10 heteroatoms. The Labute approximate surface area is 216 Å². The van der Waals surface area contributed by atoms with Crippen LogP contribution in [0.25, 0.3) is 0 Å². The predicted octanol–water partition coefficient (Wildman–Crippen LogP) is 3.92. The van der Waals surface area contributed by atoms with Gasteiger partial charge in [-0.1, -0.05) is 42.5 Å². The van der Waals surface area contributed by atoms with Crippen LogP contribution < -0.4 is 15.5 Å². The average Bonchev–Trinajstić information content (AvgIpc) is 2.93. The van der Waals surface area contributed by atoms with Gasteiger partial charge in [0.15, 0.2) is 5.11 Å². The van der Waals surface area contributed by atoms with Crippen LogP contribution in [0.1, 0.15) is 23.7 Å². The van der Waals surface area contributed by atoms with Crippen molar-refractivity contribution in [3.63, 3.8) is 0 Å². The standard InChI is InChI=1S/C26H26N4O4S2/c31-36(32,30-14-16-33-17-15-30)21-12-10-20(11-13-21)27-26(35)29-28-23-18-25(19-6-2-1-3-7-19)34-24-9-5-4-8-22(23)24/h1-13,25H,14-18H2,(H2,27,29,35). The Hall–Kier alpha value is -3.31. The molecular weight excluding hydrogens is 496 g/mol. The average molecular weight is 523 g/mol. The molecule has 0 aliphatic carbocycles. The Morgan fingerprint density at radius 2 is 1.64 bits per heavy atom. The molecule has 0 spiro atoms. The van der Waals surface area contributed by atoms with Crippen molar-refractivity contribution in [1.29, 1.82) is 0 Å². The van der Waals surface area contributed by atoms with Crippen molar-refractivity contribution < 1.29 is 17.9 Å². The van der Waals surface area contributed by atoms with Crippen LogP contribution in [-0.2, 0) is 14.8 Å².